The zero-order chi connectivity index (χ0) is 7.19. The van der Waals surface area contributed by atoms with Crippen LogP contribution < -0.4 is 0 Å². The molecule has 0 aliphatic carbocycles. The van der Waals surface area contributed by atoms with E-state index in [1.807, 2.05) is 0 Å². The Labute approximate surface area is 91.6 Å². The molecule has 2 heteroatoms. The SMILES string of the molecule is C.C.C.C.CC(C)N1CC2(COC2)C1. The maximum Gasteiger partial charge on any atom is 0.0569 e. The molecule has 0 aromatic carbocycles. The van der Waals surface area contributed by atoms with Gasteiger partial charge in [0.1, 0.15) is 0 Å². The largest absolute Gasteiger partial charge is 0.380 e. The molecule has 2 nitrogen and oxygen atoms in total. The average molecular weight is 205 g/mol. The summed E-state index contributed by atoms with van der Waals surface area (Å²) in [7, 11) is 0. The molecule has 2 heterocycles. The number of hydrogen-bond acceptors (Lipinski definition) is 2. The van der Waals surface area contributed by atoms with Crippen LogP contribution in [0.4, 0.5) is 0 Å². The summed E-state index contributed by atoms with van der Waals surface area (Å²) in [5.41, 5.74) is 0.601. The summed E-state index contributed by atoms with van der Waals surface area (Å²) in [6.07, 6.45) is 0. The van der Waals surface area contributed by atoms with E-state index in [4.69, 9.17) is 4.74 Å². The van der Waals surface area contributed by atoms with E-state index in [9.17, 15) is 0 Å². The molecular formula is C12H31NO. The molecule has 2 saturated heterocycles. The van der Waals surface area contributed by atoms with Crippen LogP contribution in [-0.2, 0) is 4.74 Å². The predicted molar refractivity (Wildman–Crippen MR) is 66.9 cm³/mol. The van der Waals surface area contributed by atoms with Crippen LogP contribution in [0.5, 0.6) is 0 Å². The number of nitrogens with zero attached hydrogens (tertiary/aromatic N) is 1. The third-order valence-corrected chi connectivity index (χ3v) is 2.62. The lowest BCUT2D eigenvalue weighted by Gasteiger charge is -2.56. The number of ether oxygens (including phenoxy) is 1. The summed E-state index contributed by atoms with van der Waals surface area (Å²) in [6.45, 7) is 9.07. The van der Waals surface area contributed by atoms with Crippen molar-refractivity contribution < 1.29 is 4.74 Å². The zero-order valence-corrected chi connectivity index (χ0v) is 6.76. The van der Waals surface area contributed by atoms with Crippen molar-refractivity contribution in [2.45, 2.75) is 49.6 Å². The molecule has 2 aliphatic rings. The molecule has 2 aliphatic heterocycles. The number of likely N-dealkylation sites (tertiary alicyclic amines) is 1. The lowest BCUT2D eigenvalue weighted by atomic mass is 9.77. The first-order valence-electron chi connectivity index (χ1n) is 4.04. The van der Waals surface area contributed by atoms with Crippen LogP contribution in [0.15, 0.2) is 0 Å². The molecule has 0 aromatic heterocycles. The summed E-state index contributed by atoms with van der Waals surface area (Å²) in [6, 6.07) is 0.728. The first kappa shape index (κ1) is 19.5. The molecule has 2 fully saturated rings. The quantitative estimate of drug-likeness (QED) is 0.651. The molecule has 0 saturated carbocycles. The third kappa shape index (κ3) is 2.96. The molecule has 90 valence electrons. The first-order chi connectivity index (χ1) is 4.72. The fraction of sp³-hybridized carbons (Fsp3) is 1.00. The van der Waals surface area contributed by atoms with E-state index in [1.54, 1.807) is 0 Å². The van der Waals surface area contributed by atoms with E-state index >= 15 is 0 Å². The highest BCUT2D eigenvalue weighted by Crippen LogP contribution is 2.38. The molecule has 0 radical (unpaired) electrons. The van der Waals surface area contributed by atoms with Gasteiger partial charge in [-0.3, -0.25) is 4.90 Å². The predicted octanol–water partition coefficient (Wildman–Crippen LogP) is 3.27. The van der Waals surface area contributed by atoms with Gasteiger partial charge in [0.25, 0.3) is 0 Å². The van der Waals surface area contributed by atoms with Gasteiger partial charge in [-0.15, -0.1) is 0 Å². The Hall–Kier alpha value is -0.0800. The van der Waals surface area contributed by atoms with E-state index in [1.165, 1.54) is 13.1 Å². The van der Waals surface area contributed by atoms with Gasteiger partial charge in [-0.1, -0.05) is 29.7 Å². The van der Waals surface area contributed by atoms with Crippen molar-refractivity contribution in [2.24, 2.45) is 5.41 Å². The Morgan fingerprint density at radius 2 is 1.43 bits per heavy atom. The van der Waals surface area contributed by atoms with E-state index in [0.29, 0.717) is 5.41 Å². The molecule has 0 unspecified atom stereocenters. The van der Waals surface area contributed by atoms with Crippen LogP contribution in [-0.4, -0.2) is 37.2 Å². The van der Waals surface area contributed by atoms with Gasteiger partial charge < -0.3 is 4.74 Å². The lowest BCUT2D eigenvalue weighted by molar-refractivity contribution is -0.195. The van der Waals surface area contributed by atoms with Crippen molar-refractivity contribution in [1.82, 2.24) is 4.90 Å². The molecule has 0 N–H and O–H groups in total. The van der Waals surface area contributed by atoms with Crippen molar-refractivity contribution in [3.05, 3.63) is 0 Å². The van der Waals surface area contributed by atoms with Crippen LogP contribution in [0.25, 0.3) is 0 Å². The minimum Gasteiger partial charge on any atom is -0.380 e. The highest BCUT2D eigenvalue weighted by molar-refractivity contribution is 5.00. The Morgan fingerprint density at radius 1 is 1.00 bits per heavy atom. The summed E-state index contributed by atoms with van der Waals surface area (Å²) in [4.78, 5) is 2.50. The van der Waals surface area contributed by atoms with Crippen LogP contribution >= 0.6 is 0 Å². The smallest absolute Gasteiger partial charge is 0.0569 e. The summed E-state index contributed by atoms with van der Waals surface area (Å²) in [5.74, 6) is 0. The van der Waals surface area contributed by atoms with Crippen molar-refractivity contribution in [3.8, 4) is 0 Å². The van der Waals surface area contributed by atoms with Crippen molar-refractivity contribution in [3.63, 3.8) is 0 Å². The molecular weight excluding hydrogens is 174 g/mol. The van der Waals surface area contributed by atoms with Crippen molar-refractivity contribution in [1.29, 1.82) is 0 Å². The zero-order valence-electron chi connectivity index (χ0n) is 6.76. The first-order valence-corrected chi connectivity index (χ1v) is 4.04. The maximum absolute atomic E-state index is 5.18. The highest BCUT2D eigenvalue weighted by Gasteiger charge is 2.49. The minimum atomic E-state index is 0. The topological polar surface area (TPSA) is 12.5 Å². The summed E-state index contributed by atoms with van der Waals surface area (Å²) in [5, 5.41) is 0. The molecule has 2 rings (SSSR count). The molecule has 14 heavy (non-hydrogen) atoms. The second kappa shape index (κ2) is 6.41. The average Bonchev–Trinajstić information content (AvgIpc) is 1.54. The van der Waals surface area contributed by atoms with Gasteiger partial charge in [0, 0.05) is 24.5 Å². The van der Waals surface area contributed by atoms with E-state index in [-0.39, 0.29) is 29.7 Å². The van der Waals surface area contributed by atoms with Gasteiger partial charge in [-0.05, 0) is 13.8 Å². The van der Waals surface area contributed by atoms with Crippen LogP contribution in [0.3, 0.4) is 0 Å². The summed E-state index contributed by atoms with van der Waals surface area (Å²) < 4.78 is 5.18. The van der Waals surface area contributed by atoms with Crippen LogP contribution in [0.1, 0.15) is 43.6 Å². The minimum absolute atomic E-state index is 0. The standard InChI is InChI=1S/C8H15NO.4CH4/c1-7(2)9-3-8(4-9)5-10-6-8;;;;/h7H,3-6H2,1-2H3;4*1H4. The van der Waals surface area contributed by atoms with E-state index in [0.717, 1.165) is 19.3 Å². The normalized spacial score (nSPS) is 21.6. The fourth-order valence-electron chi connectivity index (χ4n) is 1.75. The van der Waals surface area contributed by atoms with Gasteiger partial charge in [0.2, 0.25) is 0 Å². The molecule has 1 spiro atoms. The Bertz CT molecular complexity index is 133. The highest BCUT2D eigenvalue weighted by atomic mass is 16.5. The number of hydrogen-bond donors (Lipinski definition) is 0. The van der Waals surface area contributed by atoms with Gasteiger partial charge in [-0.25, -0.2) is 0 Å². The Kier molecular flexibility index (Phi) is 8.92. The second-order valence-corrected chi connectivity index (χ2v) is 3.99. The van der Waals surface area contributed by atoms with E-state index in [2.05, 4.69) is 18.7 Å². The maximum atomic E-state index is 5.18. The Morgan fingerprint density at radius 3 is 1.64 bits per heavy atom. The van der Waals surface area contributed by atoms with Gasteiger partial charge >= 0.3 is 0 Å². The molecule has 0 bridgehead atoms. The second-order valence-electron chi connectivity index (χ2n) is 3.99. The van der Waals surface area contributed by atoms with Gasteiger partial charge in [-0.2, -0.15) is 0 Å². The molecule has 0 aromatic rings. The number of rotatable bonds is 1. The van der Waals surface area contributed by atoms with Crippen LogP contribution in [0.2, 0.25) is 0 Å². The van der Waals surface area contributed by atoms with Crippen molar-refractivity contribution in [2.75, 3.05) is 26.3 Å². The van der Waals surface area contributed by atoms with Crippen LogP contribution in [0, 0.1) is 5.41 Å². The fourth-order valence-corrected chi connectivity index (χ4v) is 1.75. The van der Waals surface area contributed by atoms with Gasteiger partial charge in [0.05, 0.1) is 13.2 Å². The summed E-state index contributed by atoms with van der Waals surface area (Å²) >= 11 is 0. The lowest BCUT2D eigenvalue weighted by Crippen LogP contribution is -2.67. The molecule has 0 atom stereocenters. The van der Waals surface area contributed by atoms with Gasteiger partial charge in [0.15, 0.2) is 0 Å². The molecule has 0 amide bonds. The monoisotopic (exact) mass is 205 g/mol. The third-order valence-electron chi connectivity index (χ3n) is 2.62. The van der Waals surface area contributed by atoms with Crippen molar-refractivity contribution >= 4 is 0 Å². The Balaban J connectivity index is -0.000000302. The van der Waals surface area contributed by atoms with E-state index < -0.39 is 0 Å².